The first-order chi connectivity index (χ1) is 7.18. The summed E-state index contributed by atoms with van der Waals surface area (Å²) in [5.41, 5.74) is 0. The van der Waals surface area contributed by atoms with E-state index in [0.717, 1.165) is 0 Å². The average Bonchev–Trinajstić information content (AvgIpc) is 2.78. The second kappa shape index (κ2) is 3.76. The zero-order valence-electron chi connectivity index (χ0n) is 8.05. The van der Waals surface area contributed by atoms with Crippen molar-refractivity contribution < 1.29 is 19.1 Å². The van der Waals surface area contributed by atoms with Gasteiger partial charge in [0.15, 0.2) is 0 Å². The highest BCUT2D eigenvalue weighted by molar-refractivity contribution is 5.87. The fraction of sp³-hybridized carbons (Fsp3) is 0.400. The van der Waals surface area contributed by atoms with Crippen LogP contribution in [0.4, 0.5) is 0 Å². The molecule has 5 heteroatoms. The molecule has 0 unspecified atom stereocenters. The number of furan rings is 1. The minimum absolute atomic E-state index is 0.126. The van der Waals surface area contributed by atoms with Crippen molar-refractivity contribution in [2.75, 3.05) is 0 Å². The normalized spacial score (nSPS) is 20.9. The van der Waals surface area contributed by atoms with Crippen molar-refractivity contribution in [2.24, 2.45) is 0 Å². The maximum atomic E-state index is 11.4. The van der Waals surface area contributed by atoms with Crippen LogP contribution in [0.25, 0.3) is 0 Å². The van der Waals surface area contributed by atoms with Gasteiger partial charge in [0.25, 0.3) is 0 Å². The van der Waals surface area contributed by atoms with Crippen molar-refractivity contribution in [3.8, 4) is 0 Å². The Labute approximate surface area is 86.3 Å². The van der Waals surface area contributed by atoms with Gasteiger partial charge in [0, 0.05) is 6.42 Å². The SMILES string of the molecule is O=C(O)[C@@H]1CCC(=O)N1Cc1ccco1. The molecule has 2 rings (SSSR count). The topological polar surface area (TPSA) is 70.8 Å². The van der Waals surface area contributed by atoms with E-state index in [1.807, 2.05) is 0 Å². The Bertz CT molecular complexity index is 371. The smallest absolute Gasteiger partial charge is 0.326 e. The van der Waals surface area contributed by atoms with Gasteiger partial charge in [-0.1, -0.05) is 0 Å². The van der Waals surface area contributed by atoms with Gasteiger partial charge in [-0.05, 0) is 18.6 Å². The summed E-state index contributed by atoms with van der Waals surface area (Å²) in [7, 11) is 0. The van der Waals surface area contributed by atoms with Crippen LogP contribution < -0.4 is 0 Å². The Morgan fingerprint density at radius 3 is 3.07 bits per heavy atom. The summed E-state index contributed by atoms with van der Waals surface area (Å²) < 4.78 is 5.09. The molecule has 1 aliphatic rings. The molecule has 1 fully saturated rings. The van der Waals surface area contributed by atoms with E-state index in [1.54, 1.807) is 12.1 Å². The van der Waals surface area contributed by atoms with Crippen molar-refractivity contribution >= 4 is 11.9 Å². The molecule has 0 aromatic carbocycles. The van der Waals surface area contributed by atoms with Gasteiger partial charge < -0.3 is 14.4 Å². The van der Waals surface area contributed by atoms with E-state index in [-0.39, 0.29) is 12.5 Å². The number of amides is 1. The van der Waals surface area contributed by atoms with Gasteiger partial charge in [0.1, 0.15) is 11.8 Å². The molecule has 0 aliphatic carbocycles. The summed E-state index contributed by atoms with van der Waals surface area (Å²) in [4.78, 5) is 23.6. The first-order valence-corrected chi connectivity index (χ1v) is 4.73. The highest BCUT2D eigenvalue weighted by Gasteiger charge is 2.36. The summed E-state index contributed by atoms with van der Waals surface area (Å²) >= 11 is 0. The number of carbonyl (C=O) groups is 2. The molecule has 0 radical (unpaired) electrons. The fourth-order valence-corrected chi connectivity index (χ4v) is 1.76. The third-order valence-electron chi connectivity index (χ3n) is 2.52. The molecule has 1 aliphatic heterocycles. The zero-order chi connectivity index (χ0) is 10.8. The van der Waals surface area contributed by atoms with Crippen LogP contribution >= 0.6 is 0 Å². The summed E-state index contributed by atoms with van der Waals surface area (Å²) in [5, 5.41) is 8.91. The van der Waals surface area contributed by atoms with Crippen LogP contribution in [0.15, 0.2) is 22.8 Å². The van der Waals surface area contributed by atoms with E-state index in [2.05, 4.69) is 0 Å². The minimum Gasteiger partial charge on any atom is -0.480 e. The van der Waals surface area contributed by atoms with Gasteiger partial charge in [-0.2, -0.15) is 0 Å². The maximum absolute atomic E-state index is 11.4. The molecule has 1 aromatic rings. The van der Waals surface area contributed by atoms with Crippen molar-refractivity contribution in [1.82, 2.24) is 4.90 Å². The van der Waals surface area contributed by atoms with Crippen LogP contribution in [0.2, 0.25) is 0 Å². The Morgan fingerprint density at radius 1 is 1.67 bits per heavy atom. The predicted molar refractivity (Wildman–Crippen MR) is 49.9 cm³/mol. The minimum atomic E-state index is -0.951. The molecule has 0 saturated carbocycles. The number of carboxylic acid groups (broad SMARTS) is 1. The Hall–Kier alpha value is -1.78. The maximum Gasteiger partial charge on any atom is 0.326 e. The molecule has 1 saturated heterocycles. The molecule has 5 nitrogen and oxygen atoms in total. The Kier molecular flexibility index (Phi) is 2.45. The third-order valence-corrected chi connectivity index (χ3v) is 2.52. The number of nitrogens with zero attached hydrogens (tertiary/aromatic N) is 1. The lowest BCUT2D eigenvalue weighted by Gasteiger charge is -2.19. The molecule has 1 atom stereocenters. The highest BCUT2D eigenvalue weighted by atomic mass is 16.4. The van der Waals surface area contributed by atoms with Crippen LogP contribution in [-0.4, -0.2) is 27.9 Å². The van der Waals surface area contributed by atoms with Gasteiger partial charge in [0.05, 0.1) is 12.8 Å². The van der Waals surface area contributed by atoms with Crippen LogP contribution in [0, 0.1) is 0 Å². The van der Waals surface area contributed by atoms with E-state index in [0.29, 0.717) is 18.6 Å². The van der Waals surface area contributed by atoms with E-state index in [1.165, 1.54) is 11.2 Å². The molecule has 15 heavy (non-hydrogen) atoms. The molecule has 1 N–H and O–H groups in total. The first kappa shape index (κ1) is 9.76. The quantitative estimate of drug-likeness (QED) is 0.801. The first-order valence-electron chi connectivity index (χ1n) is 4.73. The average molecular weight is 209 g/mol. The van der Waals surface area contributed by atoms with E-state index in [9.17, 15) is 9.59 Å². The zero-order valence-corrected chi connectivity index (χ0v) is 8.05. The second-order valence-electron chi connectivity index (χ2n) is 3.49. The number of rotatable bonds is 3. The lowest BCUT2D eigenvalue weighted by Crippen LogP contribution is -2.37. The number of hydrogen-bond donors (Lipinski definition) is 1. The summed E-state index contributed by atoms with van der Waals surface area (Å²) in [6, 6.07) is 2.73. The molecule has 1 amide bonds. The molecular formula is C10H11NO4. The van der Waals surface area contributed by atoms with Crippen molar-refractivity contribution in [3.63, 3.8) is 0 Å². The van der Waals surface area contributed by atoms with E-state index in [4.69, 9.17) is 9.52 Å². The van der Waals surface area contributed by atoms with E-state index < -0.39 is 12.0 Å². The van der Waals surface area contributed by atoms with Gasteiger partial charge in [0.2, 0.25) is 5.91 Å². The molecule has 0 spiro atoms. The van der Waals surface area contributed by atoms with Crippen molar-refractivity contribution in [3.05, 3.63) is 24.2 Å². The van der Waals surface area contributed by atoms with Crippen molar-refractivity contribution in [1.29, 1.82) is 0 Å². The Balaban J connectivity index is 2.11. The van der Waals surface area contributed by atoms with Gasteiger partial charge in [-0.25, -0.2) is 4.79 Å². The second-order valence-corrected chi connectivity index (χ2v) is 3.49. The summed E-state index contributed by atoms with van der Waals surface area (Å²) in [6.07, 6.45) is 2.19. The number of carbonyl (C=O) groups excluding carboxylic acids is 1. The predicted octanol–water partition coefficient (Wildman–Crippen LogP) is 0.855. The van der Waals surface area contributed by atoms with Gasteiger partial charge >= 0.3 is 5.97 Å². The van der Waals surface area contributed by atoms with Crippen molar-refractivity contribution in [2.45, 2.75) is 25.4 Å². The highest BCUT2D eigenvalue weighted by Crippen LogP contribution is 2.21. The summed E-state index contributed by atoms with van der Waals surface area (Å²) in [5.74, 6) is -0.470. The van der Waals surface area contributed by atoms with E-state index >= 15 is 0 Å². The lowest BCUT2D eigenvalue weighted by atomic mass is 10.2. The number of likely N-dealkylation sites (tertiary alicyclic amines) is 1. The van der Waals surface area contributed by atoms with Gasteiger partial charge in [-0.15, -0.1) is 0 Å². The molecule has 1 aromatic heterocycles. The number of aliphatic carboxylic acids is 1. The fourth-order valence-electron chi connectivity index (χ4n) is 1.76. The molecular weight excluding hydrogens is 198 g/mol. The molecule has 80 valence electrons. The number of carboxylic acids is 1. The van der Waals surface area contributed by atoms with Crippen LogP contribution in [0.1, 0.15) is 18.6 Å². The largest absolute Gasteiger partial charge is 0.480 e. The monoisotopic (exact) mass is 209 g/mol. The summed E-state index contributed by atoms with van der Waals surface area (Å²) in [6.45, 7) is 0.239. The molecule has 0 bridgehead atoms. The Morgan fingerprint density at radius 2 is 2.47 bits per heavy atom. The van der Waals surface area contributed by atoms with Crippen LogP contribution in [0.5, 0.6) is 0 Å². The molecule has 2 heterocycles. The lowest BCUT2D eigenvalue weighted by molar-refractivity contribution is -0.146. The van der Waals surface area contributed by atoms with Crippen LogP contribution in [-0.2, 0) is 16.1 Å². The van der Waals surface area contributed by atoms with Gasteiger partial charge in [-0.3, -0.25) is 4.79 Å². The van der Waals surface area contributed by atoms with Crippen LogP contribution in [0.3, 0.4) is 0 Å². The third kappa shape index (κ3) is 1.86. The number of hydrogen-bond acceptors (Lipinski definition) is 3. The standard InChI is InChI=1S/C10H11NO4/c12-9-4-3-8(10(13)14)11(9)6-7-2-1-5-15-7/h1-2,5,8H,3-4,6H2,(H,13,14)/t8-/m0/s1.